The van der Waals surface area contributed by atoms with Crippen molar-refractivity contribution in [1.29, 1.82) is 0 Å². The normalized spacial score (nSPS) is 18.0. The van der Waals surface area contributed by atoms with Crippen LogP contribution >= 0.6 is 23.2 Å². The van der Waals surface area contributed by atoms with E-state index in [-0.39, 0.29) is 31.9 Å². The van der Waals surface area contributed by atoms with E-state index in [9.17, 15) is 9.59 Å². The molecule has 1 aliphatic rings. The van der Waals surface area contributed by atoms with Gasteiger partial charge in [-0.2, -0.15) is 0 Å². The van der Waals surface area contributed by atoms with Crippen LogP contribution in [0.15, 0.2) is 77.8 Å². The van der Waals surface area contributed by atoms with Crippen molar-refractivity contribution in [2.45, 2.75) is 63.8 Å². The first-order valence-electron chi connectivity index (χ1n) is 14.1. The number of hydrogen-bond donors (Lipinski definition) is 2. The Hall–Kier alpha value is -3.59. The Morgan fingerprint density at radius 3 is 2.42 bits per heavy atom. The first-order chi connectivity index (χ1) is 20.5. The molecule has 3 aromatic carbocycles. The lowest BCUT2D eigenvalue weighted by Gasteiger charge is -2.31. The van der Waals surface area contributed by atoms with Gasteiger partial charge in [0.05, 0.1) is 6.61 Å². The molecule has 0 bridgehead atoms. The lowest BCUT2D eigenvalue weighted by molar-refractivity contribution is -0.155. The third kappa shape index (κ3) is 8.50. The molecular formula is C33H36Cl2N2O6. The van der Waals surface area contributed by atoms with Gasteiger partial charge in [0.2, 0.25) is 5.90 Å². The molecule has 2 N–H and O–H groups in total. The van der Waals surface area contributed by atoms with Gasteiger partial charge in [0.25, 0.3) is 5.91 Å². The Bertz CT molecular complexity index is 1440. The second kappa shape index (κ2) is 14.3. The van der Waals surface area contributed by atoms with Crippen molar-refractivity contribution in [3.05, 3.63) is 99.5 Å². The number of carbonyl (C=O) groups excluding carboxylic acids is 2. The number of halogens is 2. The van der Waals surface area contributed by atoms with E-state index in [2.05, 4.69) is 5.32 Å². The summed E-state index contributed by atoms with van der Waals surface area (Å²) in [6.45, 7) is 5.93. The van der Waals surface area contributed by atoms with E-state index >= 15 is 0 Å². The predicted octanol–water partition coefficient (Wildman–Crippen LogP) is 6.45. The van der Waals surface area contributed by atoms with Crippen molar-refractivity contribution in [1.82, 2.24) is 5.32 Å². The molecule has 8 nitrogen and oxygen atoms in total. The number of ether oxygens (including phenoxy) is 3. The van der Waals surface area contributed by atoms with Crippen molar-refractivity contribution in [2.75, 3.05) is 13.2 Å². The summed E-state index contributed by atoms with van der Waals surface area (Å²) in [5.41, 5.74) is -0.129. The monoisotopic (exact) mass is 626 g/mol. The van der Waals surface area contributed by atoms with Gasteiger partial charge in [-0.1, -0.05) is 59.6 Å². The molecule has 0 saturated carbocycles. The van der Waals surface area contributed by atoms with Crippen molar-refractivity contribution >= 4 is 41.0 Å². The van der Waals surface area contributed by atoms with Crippen LogP contribution in [0.4, 0.5) is 0 Å². The molecule has 0 fully saturated rings. The summed E-state index contributed by atoms with van der Waals surface area (Å²) in [6, 6.07) is 21.5. The Kier molecular flexibility index (Phi) is 10.7. The number of aliphatic hydroxyl groups is 1. The summed E-state index contributed by atoms with van der Waals surface area (Å²) in [5, 5.41) is 12.9. The molecule has 2 atom stereocenters. The van der Waals surface area contributed by atoms with E-state index in [0.29, 0.717) is 39.9 Å². The molecular weight excluding hydrogens is 591 g/mol. The van der Waals surface area contributed by atoms with Crippen molar-refractivity contribution in [3.63, 3.8) is 0 Å². The molecule has 1 aliphatic heterocycles. The highest BCUT2D eigenvalue weighted by Gasteiger charge is 2.53. The number of nitrogens with zero attached hydrogens (tertiary/aromatic N) is 1. The second-order valence-electron chi connectivity index (χ2n) is 11.2. The van der Waals surface area contributed by atoms with E-state index in [0.717, 1.165) is 5.56 Å². The number of benzene rings is 3. The van der Waals surface area contributed by atoms with Gasteiger partial charge < -0.3 is 24.6 Å². The first kappa shape index (κ1) is 32.3. The summed E-state index contributed by atoms with van der Waals surface area (Å²) in [4.78, 5) is 32.0. The summed E-state index contributed by atoms with van der Waals surface area (Å²) >= 11 is 12.4. The van der Waals surface area contributed by atoms with E-state index in [4.69, 9.17) is 47.5 Å². The number of amides is 1. The van der Waals surface area contributed by atoms with Crippen LogP contribution in [0, 0.1) is 0 Å². The summed E-state index contributed by atoms with van der Waals surface area (Å²) < 4.78 is 17.7. The number of aliphatic hydroxyl groups excluding tert-OH is 1. The Balaban J connectivity index is 1.70. The average molecular weight is 628 g/mol. The highest BCUT2D eigenvalue weighted by Crippen LogP contribution is 2.43. The molecule has 0 unspecified atom stereocenters. The molecule has 3 aromatic rings. The molecule has 1 amide bonds. The van der Waals surface area contributed by atoms with Crippen LogP contribution in [0.25, 0.3) is 0 Å². The minimum absolute atomic E-state index is 0.0352. The quantitative estimate of drug-likeness (QED) is 0.177. The zero-order valence-electron chi connectivity index (χ0n) is 24.4. The van der Waals surface area contributed by atoms with Gasteiger partial charge in [-0.25, -0.2) is 4.99 Å². The van der Waals surface area contributed by atoms with Gasteiger partial charge in [0.1, 0.15) is 11.4 Å². The number of hydrogen-bond acceptors (Lipinski definition) is 7. The van der Waals surface area contributed by atoms with Gasteiger partial charge in [0.15, 0.2) is 11.6 Å². The number of rotatable bonds is 12. The minimum atomic E-state index is -1.50. The fourth-order valence-corrected chi connectivity index (χ4v) is 5.15. The second-order valence-corrected chi connectivity index (χ2v) is 12.0. The molecule has 10 heteroatoms. The lowest BCUT2D eigenvalue weighted by atomic mass is 9.83. The van der Waals surface area contributed by atoms with Crippen molar-refractivity contribution < 1.29 is 28.9 Å². The Labute approximate surface area is 262 Å². The van der Waals surface area contributed by atoms with Gasteiger partial charge in [-0.15, -0.1) is 0 Å². The van der Waals surface area contributed by atoms with Crippen LogP contribution in [-0.2, 0) is 25.6 Å². The molecule has 0 radical (unpaired) electrons. The first-order valence-corrected chi connectivity index (χ1v) is 14.9. The van der Waals surface area contributed by atoms with Crippen LogP contribution < -0.4 is 10.1 Å². The van der Waals surface area contributed by atoms with E-state index in [1.165, 1.54) is 0 Å². The molecule has 0 saturated heterocycles. The van der Waals surface area contributed by atoms with E-state index in [1.54, 1.807) is 63.2 Å². The maximum Gasteiger partial charge on any atom is 0.306 e. The highest BCUT2D eigenvalue weighted by atomic mass is 35.5. The lowest BCUT2D eigenvalue weighted by Crippen LogP contribution is -2.48. The van der Waals surface area contributed by atoms with Crippen LogP contribution in [0.2, 0.25) is 10.0 Å². The molecule has 43 heavy (non-hydrogen) atoms. The molecule has 4 rings (SSSR count). The number of aliphatic imine (C=N–C) groups is 1. The smallest absolute Gasteiger partial charge is 0.306 e. The molecule has 0 aliphatic carbocycles. The summed E-state index contributed by atoms with van der Waals surface area (Å²) in [7, 11) is 0. The maximum atomic E-state index is 14.2. The minimum Gasteiger partial charge on any atom is -0.494 e. The summed E-state index contributed by atoms with van der Waals surface area (Å²) in [6.07, 6.45) is -0.333. The maximum absolute atomic E-state index is 14.2. The van der Waals surface area contributed by atoms with Gasteiger partial charge in [0, 0.05) is 41.6 Å². The number of carbonyl (C=O) groups is 2. The standard InChI is InChI=1S/C33H36Cl2N2O6/c1-32(2,3)43-28(39)16-17-33(31(40)36-21-24-10-13-25(34)20-27(24)35)29(22-8-5-4-6-9-22)42-30(37-33)23-11-14-26(15-12-23)41-19-7-18-38/h4-6,8-15,20,29,38H,7,16-19,21H2,1-3H3,(H,36,40)/t29-,33-/m1/s1. The van der Waals surface area contributed by atoms with E-state index < -0.39 is 29.1 Å². The Morgan fingerprint density at radius 2 is 1.77 bits per heavy atom. The zero-order chi connectivity index (χ0) is 31.0. The highest BCUT2D eigenvalue weighted by molar-refractivity contribution is 6.35. The van der Waals surface area contributed by atoms with Crippen LogP contribution in [-0.4, -0.2) is 47.2 Å². The number of esters is 1. The average Bonchev–Trinajstić information content (AvgIpc) is 3.37. The van der Waals surface area contributed by atoms with Crippen LogP contribution in [0.3, 0.4) is 0 Å². The predicted molar refractivity (Wildman–Crippen MR) is 167 cm³/mol. The number of nitrogens with one attached hydrogen (secondary N) is 1. The van der Waals surface area contributed by atoms with Gasteiger partial charge in [-0.3, -0.25) is 9.59 Å². The molecule has 0 spiro atoms. The van der Waals surface area contributed by atoms with Crippen molar-refractivity contribution in [3.8, 4) is 5.75 Å². The topological polar surface area (TPSA) is 106 Å². The largest absolute Gasteiger partial charge is 0.494 e. The fraction of sp³-hybridized carbons (Fsp3) is 0.364. The molecule has 0 aromatic heterocycles. The fourth-order valence-electron chi connectivity index (χ4n) is 4.68. The van der Waals surface area contributed by atoms with Gasteiger partial charge in [-0.05, 0) is 74.7 Å². The Morgan fingerprint density at radius 1 is 1.05 bits per heavy atom. The third-order valence-electron chi connectivity index (χ3n) is 6.72. The van der Waals surface area contributed by atoms with E-state index in [1.807, 2.05) is 30.3 Å². The zero-order valence-corrected chi connectivity index (χ0v) is 26.0. The SMILES string of the molecule is CC(C)(C)OC(=O)CC[C@@]1(C(=O)NCc2ccc(Cl)cc2Cl)N=C(c2ccc(OCCCO)cc2)O[C@@H]1c1ccccc1. The van der Waals surface area contributed by atoms with Crippen LogP contribution in [0.1, 0.15) is 62.8 Å². The third-order valence-corrected chi connectivity index (χ3v) is 7.30. The van der Waals surface area contributed by atoms with Gasteiger partial charge >= 0.3 is 5.97 Å². The molecule has 228 valence electrons. The summed E-state index contributed by atoms with van der Waals surface area (Å²) in [5.74, 6) is 0.0268. The molecule has 1 heterocycles. The van der Waals surface area contributed by atoms with Crippen molar-refractivity contribution in [2.24, 2.45) is 4.99 Å². The van der Waals surface area contributed by atoms with Crippen LogP contribution in [0.5, 0.6) is 5.75 Å².